The fraction of sp³-hybridized carbons (Fsp3) is 0.375. The minimum Gasteiger partial charge on any atom is -0.493 e. The zero-order valence-corrected chi connectivity index (χ0v) is 13.1. The highest BCUT2D eigenvalue weighted by Crippen LogP contribution is 2.36. The van der Waals surface area contributed by atoms with Gasteiger partial charge in [-0.3, -0.25) is 0 Å². The lowest BCUT2D eigenvalue weighted by Crippen LogP contribution is -2.23. The second kappa shape index (κ2) is 6.02. The number of ether oxygens (including phenoxy) is 1. The number of rotatable bonds is 4. The van der Waals surface area contributed by atoms with Crippen molar-refractivity contribution in [1.82, 2.24) is 5.32 Å². The molecule has 1 aromatic carbocycles. The van der Waals surface area contributed by atoms with Crippen molar-refractivity contribution in [3.8, 4) is 5.75 Å². The molecule has 2 heterocycles. The molecule has 20 heavy (non-hydrogen) atoms. The Morgan fingerprint density at radius 3 is 2.95 bits per heavy atom. The number of fused-ring (bicyclic) bond motifs is 1. The highest BCUT2D eigenvalue weighted by atomic mass is 79.9. The summed E-state index contributed by atoms with van der Waals surface area (Å²) in [5, 5.41) is 3.48. The first-order valence-corrected chi connectivity index (χ1v) is 7.82. The van der Waals surface area contributed by atoms with Crippen molar-refractivity contribution >= 4 is 15.9 Å². The monoisotopic (exact) mass is 335 g/mol. The maximum absolute atomic E-state index is 5.92. The molecule has 1 aromatic heterocycles. The van der Waals surface area contributed by atoms with E-state index < -0.39 is 0 Å². The lowest BCUT2D eigenvalue weighted by Gasteiger charge is -2.24. The van der Waals surface area contributed by atoms with Gasteiger partial charge in [0.1, 0.15) is 11.5 Å². The Balaban J connectivity index is 2.03. The molecule has 0 saturated carbocycles. The van der Waals surface area contributed by atoms with Gasteiger partial charge in [0.25, 0.3) is 0 Å². The highest BCUT2D eigenvalue weighted by molar-refractivity contribution is 9.10. The van der Waals surface area contributed by atoms with Crippen molar-refractivity contribution in [3.05, 3.63) is 51.9 Å². The van der Waals surface area contributed by atoms with Crippen LogP contribution in [0.4, 0.5) is 0 Å². The number of aryl methyl sites for hydroxylation is 1. The Morgan fingerprint density at radius 2 is 2.20 bits per heavy atom. The molecule has 4 heteroatoms. The van der Waals surface area contributed by atoms with Gasteiger partial charge in [-0.2, -0.15) is 0 Å². The van der Waals surface area contributed by atoms with E-state index in [0.717, 1.165) is 47.7 Å². The lowest BCUT2D eigenvalue weighted by atomic mass is 9.96. The summed E-state index contributed by atoms with van der Waals surface area (Å²) in [6, 6.07) is 10.3. The van der Waals surface area contributed by atoms with E-state index in [1.165, 1.54) is 5.56 Å². The van der Waals surface area contributed by atoms with Crippen LogP contribution in [-0.2, 0) is 6.42 Å². The van der Waals surface area contributed by atoms with Gasteiger partial charge in [-0.1, -0.05) is 25.1 Å². The van der Waals surface area contributed by atoms with Gasteiger partial charge in [0, 0.05) is 5.56 Å². The fourth-order valence-corrected chi connectivity index (χ4v) is 3.01. The second-order valence-electron chi connectivity index (χ2n) is 4.92. The van der Waals surface area contributed by atoms with Crippen molar-refractivity contribution in [2.24, 2.45) is 0 Å². The Morgan fingerprint density at radius 1 is 1.30 bits per heavy atom. The molecule has 1 unspecified atom stereocenters. The molecule has 1 aliphatic heterocycles. The van der Waals surface area contributed by atoms with Crippen LogP contribution in [0.25, 0.3) is 0 Å². The molecule has 0 saturated heterocycles. The summed E-state index contributed by atoms with van der Waals surface area (Å²) in [5.74, 6) is 1.93. The van der Waals surface area contributed by atoms with E-state index in [0.29, 0.717) is 0 Å². The standard InChI is InChI=1S/C16H18BrNO2/c1-2-18-15(13-8-9-14(17)20-13)12-7-3-5-11-6-4-10-19-16(11)12/h3,5,7-9,15,18H,2,4,6,10H2,1H3. The largest absolute Gasteiger partial charge is 0.493 e. The number of benzene rings is 1. The van der Waals surface area contributed by atoms with E-state index >= 15 is 0 Å². The summed E-state index contributed by atoms with van der Waals surface area (Å²) in [7, 11) is 0. The molecule has 0 spiro atoms. The van der Waals surface area contributed by atoms with Gasteiger partial charge in [-0.25, -0.2) is 0 Å². The maximum atomic E-state index is 5.92. The van der Waals surface area contributed by atoms with Gasteiger partial charge >= 0.3 is 0 Å². The minimum atomic E-state index is 0.0272. The third-order valence-corrected chi connectivity index (χ3v) is 3.99. The molecule has 2 aromatic rings. The SMILES string of the molecule is CCNC(c1ccc(Br)o1)c1cccc2c1OCCC2. The van der Waals surface area contributed by atoms with Crippen LogP contribution >= 0.6 is 15.9 Å². The molecule has 0 aliphatic carbocycles. The van der Waals surface area contributed by atoms with Gasteiger partial charge in [0.15, 0.2) is 4.67 Å². The summed E-state index contributed by atoms with van der Waals surface area (Å²) in [6.07, 6.45) is 2.18. The summed E-state index contributed by atoms with van der Waals surface area (Å²) >= 11 is 3.37. The van der Waals surface area contributed by atoms with Crippen LogP contribution in [0, 0.1) is 0 Å². The number of hydrogen-bond acceptors (Lipinski definition) is 3. The molecule has 0 bridgehead atoms. The molecule has 3 rings (SSSR count). The van der Waals surface area contributed by atoms with Crippen LogP contribution < -0.4 is 10.1 Å². The fourth-order valence-electron chi connectivity index (χ4n) is 2.69. The Kier molecular flexibility index (Phi) is 4.13. The van der Waals surface area contributed by atoms with Gasteiger partial charge in [-0.15, -0.1) is 0 Å². The Labute approximate surface area is 127 Å². The van der Waals surface area contributed by atoms with Gasteiger partial charge in [0.2, 0.25) is 0 Å². The normalized spacial score (nSPS) is 15.5. The second-order valence-corrected chi connectivity index (χ2v) is 5.70. The molecular formula is C16H18BrNO2. The zero-order valence-electron chi connectivity index (χ0n) is 11.5. The minimum absolute atomic E-state index is 0.0272. The lowest BCUT2D eigenvalue weighted by molar-refractivity contribution is 0.281. The predicted octanol–water partition coefficient (Wildman–Crippen LogP) is 4.07. The molecular weight excluding hydrogens is 318 g/mol. The number of para-hydroxylation sites is 1. The topological polar surface area (TPSA) is 34.4 Å². The van der Waals surface area contributed by atoms with Crippen LogP contribution in [0.2, 0.25) is 0 Å². The van der Waals surface area contributed by atoms with E-state index in [1.54, 1.807) is 0 Å². The third kappa shape index (κ3) is 2.63. The summed E-state index contributed by atoms with van der Waals surface area (Å²) in [6.45, 7) is 3.76. The van der Waals surface area contributed by atoms with Crippen LogP contribution in [0.1, 0.15) is 36.3 Å². The molecule has 0 amide bonds. The van der Waals surface area contributed by atoms with E-state index in [9.17, 15) is 0 Å². The average Bonchev–Trinajstić information content (AvgIpc) is 2.91. The predicted molar refractivity (Wildman–Crippen MR) is 82.2 cm³/mol. The van der Waals surface area contributed by atoms with E-state index in [4.69, 9.17) is 9.15 Å². The molecule has 1 aliphatic rings. The Bertz CT molecular complexity index is 594. The van der Waals surface area contributed by atoms with Crippen molar-refractivity contribution < 1.29 is 9.15 Å². The van der Waals surface area contributed by atoms with E-state index in [-0.39, 0.29) is 6.04 Å². The quantitative estimate of drug-likeness (QED) is 0.914. The maximum Gasteiger partial charge on any atom is 0.169 e. The molecule has 1 atom stereocenters. The van der Waals surface area contributed by atoms with Crippen molar-refractivity contribution in [1.29, 1.82) is 0 Å². The zero-order chi connectivity index (χ0) is 13.9. The summed E-state index contributed by atoms with van der Waals surface area (Å²) in [4.78, 5) is 0. The molecule has 3 nitrogen and oxygen atoms in total. The van der Waals surface area contributed by atoms with Gasteiger partial charge < -0.3 is 14.5 Å². The average molecular weight is 336 g/mol. The van der Waals surface area contributed by atoms with E-state index in [2.05, 4.69) is 46.4 Å². The van der Waals surface area contributed by atoms with Crippen LogP contribution in [0.5, 0.6) is 5.75 Å². The smallest absolute Gasteiger partial charge is 0.169 e. The third-order valence-electron chi connectivity index (χ3n) is 3.56. The number of furan rings is 1. The number of nitrogens with one attached hydrogen (secondary N) is 1. The highest BCUT2D eigenvalue weighted by Gasteiger charge is 2.23. The van der Waals surface area contributed by atoms with Gasteiger partial charge in [-0.05, 0) is 53.0 Å². The van der Waals surface area contributed by atoms with E-state index in [1.807, 2.05) is 12.1 Å². The first-order valence-electron chi connectivity index (χ1n) is 7.02. The first-order chi connectivity index (χ1) is 9.79. The Hall–Kier alpha value is -1.26. The molecule has 106 valence electrons. The van der Waals surface area contributed by atoms with Crippen molar-refractivity contribution in [2.75, 3.05) is 13.2 Å². The first kappa shape index (κ1) is 13.7. The van der Waals surface area contributed by atoms with Crippen molar-refractivity contribution in [3.63, 3.8) is 0 Å². The summed E-state index contributed by atoms with van der Waals surface area (Å²) in [5.41, 5.74) is 2.45. The van der Waals surface area contributed by atoms with Crippen LogP contribution in [-0.4, -0.2) is 13.2 Å². The number of hydrogen-bond donors (Lipinski definition) is 1. The molecule has 0 radical (unpaired) electrons. The van der Waals surface area contributed by atoms with Crippen LogP contribution in [0.3, 0.4) is 0 Å². The van der Waals surface area contributed by atoms with Crippen molar-refractivity contribution in [2.45, 2.75) is 25.8 Å². The summed E-state index contributed by atoms with van der Waals surface area (Å²) < 4.78 is 12.4. The number of halogens is 1. The molecule has 1 N–H and O–H groups in total. The molecule has 0 fully saturated rings. The van der Waals surface area contributed by atoms with Gasteiger partial charge in [0.05, 0.1) is 12.6 Å². The van der Waals surface area contributed by atoms with Crippen LogP contribution in [0.15, 0.2) is 39.4 Å².